The zero-order chi connectivity index (χ0) is 10.3. The second-order valence-electron chi connectivity index (χ2n) is 4.17. The fourth-order valence-corrected chi connectivity index (χ4v) is 2.02. The molecule has 2 aliphatic heterocycles. The smallest absolute Gasteiger partial charge is 0.0963 e. The van der Waals surface area contributed by atoms with Crippen molar-refractivity contribution in [2.45, 2.75) is 19.3 Å². The quantitative estimate of drug-likeness (QED) is 0.738. The van der Waals surface area contributed by atoms with Crippen molar-refractivity contribution >= 4 is 5.84 Å². The second-order valence-corrected chi connectivity index (χ2v) is 4.17. The van der Waals surface area contributed by atoms with Gasteiger partial charge in [-0.15, -0.1) is 0 Å². The molecule has 2 rings (SSSR count). The molecule has 15 heavy (non-hydrogen) atoms. The van der Waals surface area contributed by atoms with Crippen LogP contribution in [0.4, 0.5) is 0 Å². The van der Waals surface area contributed by atoms with Crippen molar-refractivity contribution in [1.82, 2.24) is 10.2 Å². The van der Waals surface area contributed by atoms with Crippen molar-refractivity contribution in [2.24, 2.45) is 4.99 Å². The summed E-state index contributed by atoms with van der Waals surface area (Å²) in [6.45, 7) is 7.09. The van der Waals surface area contributed by atoms with Gasteiger partial charge in [0.25, 0.3) is 0 Å². The lowest BCUT2D eigenvalue weighted by Gasteiger charge is -2.27. The SMILES string of the molecule is C1CCC(NCCN2CCOCC2)=NC1. The highest BCUT2D eigenvalue weighted by atomic mass is 16.5. The fourth-order valence-electron chi connectivity index (χ4n) is 2.02. The number of ether oxygens (including phenoxy) is 1. The molecule has 86 valence electrons. The molecule has 0 amide bonds. The summed E-state index contributed by atoms with van der Waals surface area (Å²) < 4.78 is 5.31. The van der Waals surface area contributed by atoms with E-state index < -0.39 is 0 Å². The van der Waals surface area contributed by atoms with Crippen LogP contribution >= 0.6 is 0 Å². The molecule has 1 fully saturated rings. The zero-order valence-electron chi connectivity index (χ0n) is 9.37. The summed E-state index contributed by atoms with van der Waals surface area (Å²) in [6.07, 6.45) is 3.70. The number of morpholine rings is 1. The van der Waals surface area contributed by atoms with Gasteiger partial charge < -0.3 is 10.1 Å². The number of nitrogens with one attached hydrogen (secondary N) is 1. The second kappa shape index (κ2) is 6.08. The Labute approximate surface area is 91.7 Å². The highest BCUT2D eigenvalue weighted by molar-refractivity contribution is 5.82. The van der Waals surface area contributed by atoms with E-state index in [9.17, 15) is 0 Å². The Hall–Kier alpha value is -0.610. The third-order valence-electron chi connectivity index (χ3n) is 2.99. The van der Waals surface area contributed by atoms with Gasteiger partial charge in [-0.2, -0.15) is 0 Å². The van der Waals surface area contributed by atoms with Crippen LogP contribution in [0.5, 0.6) is 0 Å². The van der Waals surface area contributed by atoms with Crippen LogP contribution < -0.4 is 5.32 Å². The Morgan fingerprint density at radius 3 is 2.87 bits per heavy atom. The van der Waals surface area contributed by atoms with Crippen LogP contribution in [0.15, 0.2) is 4.99 Å². The minimum absolute atomic E-state index is 0.890. The zero-order valence-corrected chi connectivity index (χ0v) is 9.37. The van der Waals surface area contributed by atoms with Crippen LogP contribution in [-0.4, -0.2) is 56.7 Å². The highest BCUT2D eigenvalue weighted by Crippen LogP contribution is 2.03. The monoisotopic (exact) mass is 211 g/mol. The molecule has 0 unspecified atom stereocenters. The largest absolute Gasteiger partial charge is 0.379 e. The molecule has 0 saturated carbocycles. The average molecular weight is 211 g/mol. The first kappa shape index (κ1) is 10.9. The Balaban J connectivity index is 1.59. The normalized spacial score (nSPS) is 23.6. The fraction of sp³-hybridized carbons (Fsp3) is 0.909. The molecule has 0 aromatic rings. The number of nitrogens with zero attached hydrogens (tertiary/aromatic N) is 2. The molecular weight excluding hydrogens is 190 g/mol. The van der Waals surface area contributed by atoms with Crippen molar-refractivity contribution in [3.05, 3.63) is 0 Å². The van der Waals surface area contributed by atoms with Crippen molar-refractivity contribution in [3.63, 3.8) is 0 Å². The van der Waals surface area contributed by atoms with Gasteiger partial charge in [0.2, 0.25) is 0 Å². The van der Waals surface area contributed by atoms with Crippen LogP contribution in [0.2, 0.25) is 0 Å². The topological polar surface area (TPSA) is 36.9 Å². The summed E-state index contributed by atoms with van der Waals surface area (Å²) in [5, 5.41) is 3.44. The molecule has 4 heteroatoms. The maximum Gasteiger partial charge on any atom is 0.0963 e. The number of amidine groups is 1. The van der Waals surface area contributed by atoms with E-state index in [0.717, 1.165) is 52.4 Å². The molecule has 0 spiro atoms. The maximum atomic E-state index is 5.31. The summed E-state index contributed by atoms with van der Waals surface area (Å²) in [5.41, 5.74) is 0. The van der Waals surface area contributed by atoms with E-state index in [1.165, 1.54) is 18.7 Å². The Bertz CT molecular complexity index is 212. The molecule has 0 aromatic carbocycles. The molecule has 0 atom stereocenters. The minimum atomic E-state index is 0.890. The summed E-state index contributed by atoms with van der Waals surface area (Å²) in [4.78, 5) is 6.92. The van der Waals surface area contributed by atoms with Crippen LogP contribution in [0.3, 0.4) is 0 Å². The van der Waals surface area contributed by atoms with Gasteiger partial charge in [-0.25, -0.2) is 0 Å². The van der Waals surface area contributed by atoms with Gasteiger partial charge in [-0.05, 0) is 12.8 Å². The number of rotatable bonds is 3. The van der Waals surface area contributed by atoms with Crippen molar-refractivity contribution in [2.75, 3.05) is 45.9 Å². The van der Waals surface area contributed by atoms with Crippen LogP contribution in [0.25, 0.3) is 0 Å². The lowest BCUT2D eigenvalue weighted by atomic mass is 10.2. The van der Waals surface area contributed by atoms with Gasteiger partial charge in [0, 0.05) is 39.1 Å². The molecule has 4 nitrogen and oxygen atoms in total. The minimum Gasteiger partial charge on any atom is -0.379 e. The van der Waals surface area contributed by atoms with Gasteiger partial charge >= 0.3 is 0 Å². The third-order valence-corrected chi connectivity index (χ3v) is 2.99. The van der Waals surface area contributed by atoms with Gasteiger partial charge in [0.05, 0.1) is 19.0 Å². The standard InChI is InChI=1S/C11H21N3O/c1-2-4-12-11(3-1)13-5-6-14-7-9-15-10-8-14/h1-10H2,(H,12,13). The van der Waals surface area contributed by atoms with Gasteiger partial charge in [0.1, 0.15) is 0 Å². The van der Waals surface area contributed by atoms with Crippen molar-refractivity contribution in [1.29, 1.82) is 0 Å². The molecule has 1 saturated heterocycles. The first-order valence-electron chi connectivity index (χ1n) is 6.02. The van der Waals surface area contributed by atoms with E-state index in [1.807, 2.05) is 0 Å². The predicted molar refractivity (Wildman–Crippen MR) is 61.4 cm³/mol. The van der Waals surface area contributed by atoms with Gasteiger partial charge in [-0.1, -0.05) is 0 Å². The summed E-state index contributed by atoms with van der Waals surface area (Å²) in [7, 11) is 0. The molecule has 2 heterocycles. The average Bonchev–Trinajstić information content (AvgIpc) is 2.32. The van der Waals surface area contributed by atoms with E-state index in [1.54, 1.807) is 0 Å². The van der Waals surface area contributed by atoms with Crippen molar-refractivity contribution < 1.29 is 4.74 Å². The maximum absolute atomic E-state index is 5.31. The number of hydrogen-bond acceptors (Lipinski definition) is 4. The lowest BCUT2D eigenvalue weighted by molar-refractivity contribution is 0.0389. The first-order chi connectivity index (χ1) is 7.45. The first-order valence-corrected chi connectivity index (χ1v) is 6.02. The third kappa shape index (κ3) is 3.80. The lowest BCUT2D eigenvalue weighted by Crippen LogP contribution is -2.41. The molecule has 1 N–H and O–H groups in total. The number of aliphatic imine (C=N–C) groups is 1. The molecule has 0 aliphatic carbocycles. The predicted octanol–water partition coefficient (Wildman–Crippen LogP) is 0.491. The highest BCUT2D eigenvalue weighted by Gasteiger charge is 2.10. The van der Waals surface area contributed by atoms with Crippen LogP contribution in [-0.2, 0) is 4.74 Å². The molecular formula is C11H21N3O. The summed E-state index contributed by atoms with van der Waals surface area (Å²) in [6, 6.07) is 0. The summed E-state index contributed by atoms with van der Waals surface area (Å²) >= 11 is 0. The summed E-state index contributed by atoms with van der Waals surface area (Å²) in [5.74, 6) is 1.22. The Morgan fingerprint density at radius 1 is 1.27 bits per heavy atom. The Kier molecular flexibility index (Phi) is 4.41. The molecule has 2 aliphatic rings. The van der Waals surface area contributed by atoms with E-state index in [2.05, 4.69) is 15.2 Å². The van der Waals surface area contributed by atoms with Crippen molar-refractivity contribution in [3.8, 4) is 0 Å². The van der Waals surface area contributed by atoms with Crippen LogP contribution in [0, 0.1) is 0 Å². The Morgan fingerprint density at radius 2 is 2.13 bits per heavy atom. The van der Waals surface area contributed by atoms with Crippen LogP contribution in [0.1, 0.15) is 19.3 Å². The van der Waals surface area contributed by atoms with Gasteiger partial charge in [-0.3, -0.25) is 9.89 Å². The molecule has 0 aromatic heterocycles. The van der Waals surface area contributed by atoms with Gasteiger partial charge in [0.15, 0.2) is 0 Å². The van der Waals surface area contributed by atoms with E-state index in [0.29, 0.717) is 0 Å². The van der Waals surface area contributed by atoms with E-state index in [4.69, 9.17) is 4.74 Å². The molecule has 0 bridgehead atoms. The van der Waals surface area contributed by atoms with E-state index >= 15 is 0 Å². The number of hydrogen-bond donors (Lipinski definition) is 1. The molecule has 0 radical (unpaired) electrons. The van der Waals surface area contributed by atoms with E-state index in [-0.39, 0.29) is 0 Å².